The summed E-state index contributed by atoms with van der Waals surface area (Å²) in [6.45, 7) is 4.54. The van der Waals surface area contributed by atoms with E-state index in [-0.39, 0.29) is 0 Å². The van der Waals surface area contributed by atoms with Crippen LogP contribution in [0.1, 0.15) is 6.92 Å². The number of hydrogen-bond acceptors (Lipinski definition) is 2. The van der Waals surface area contributed by atoms with Crippen molar-refractivity contribution in [3.63, 3.8) is 0 Å². The van der Waals surface area contributed by atoms with Crippen molar-refractivity contribution in [3.8, 4) is 0 Å². The van der Waals surface area contributed by atoms with Crippen molar-refractivity contribution in [2.24, 2.45) is 5.92 Å². The van der Waals surface area contributed by atoms with Crippen LogP contribution < -0.4 is 10.6 Å². The van der Waals surface area contributed by atoms with Gasteiger partial charge in [-0.25, -0.2) is 0 Å². The molecule has 0 bridgehead atoms. The van der Waals surface area contributed by atoms with E-state index >= 15 is 0 Å². The Labute approximate surface area is 166 Å². The zero-order valence-corrected chi connectivity index (χ0v) is 17.8. The molecule has 27 heavy (non-hydrogen) atoms. The van der Waals surface area contributed by atoms with E-state index in [0.29, 0.717) is 12.0 Å². The normalized spacial score (nSPS) is 17.7. The number of allylic oxidation sites excluding steroid dienone is 2. The molecule has 1 unspecified atom stereocenters. The summed E-state index contributed by atoms with van der Waals surface area (Å²) >= 11 is 0. The van der Waals surface area contributed by atoms with Crippen LogP contribution in [-0.4, -0.2) is 50.1 Å². The molecule has 2 atom stereocenters. The number of nitrogens with zero attached hydrogens (tertiary/aromatic N) is 2. The minimum absolute atomic E-state index is 0.462. The smallest absolute Gasteiger partial charge is 0.0185 e. The van der Waals surface area contributed by atoms with Gasteiger partial charge >= 0.3 is 0 Å². The molecular weight excluding hydrogens is 347 g/mol. The predicted molar refractivity (Wildman–Crippen MR) is 120 cm³/mol. The van der Waals surface area contributed by atoms with E-state index in [1.165, 1.54) is 10.6 Å². The fourth-order valence-electron chi connectivity index (χ4n) is 3.55. The van der Waals surface area contributed by atoms with E-state index in [0.717, 1.165) is 13.1 Å². The highest BCUT2D eigenvalue weighted by Crippen LogP contribution is 2.50. The molecule has 142 valence electrons. The van der Waals surface area contributed by atoms with Crippen molar-refractivity contribution in [2.45, 2.75) is 13.0 Å². The van der Waals surface area contributed by atoms with Gasteiger partial charge < -0.3 is 9.80 Å². The highest BCUT2D eigenvalue weighted by molar-refractivity contribution is 7.76. The molecule has 3 heteroatoms. The average molecular weight is 379 g/mol. The molecule has 0 saturated carbocycles. The molecule has 2 aromatic carbocycles. The Kier molecular flexibility index (Phi) is 7.01. The summed E-state index contributed by atoms with van der Waals surface area (Å²) < 4.78 is 0. The van der Waals surface area contributed by atoms with Crippen LogP contribution in [0.4, 0.5) is 0 Å². The van der Waals surface area contributed by atoms with Gasteiger partial charge in [-0.2, -0.15) is 0 Å². The van der Waals surface area contributed by atoms with Gasteiger partial charge in [0.15, 0.2) is 0 Å². The molecule has 2 nitrogen and oxygen atoms in total. The second-order valence-corrected chi connectivity index (χ2v) is 9.75. The zero-order chi connectivity index (χ0) is 19.2. The molecule has 0 fully saturated rings. The Morgan fingerprint density at radius 1 is 0.852 bits per heavy atom. The molecule has 2 aromatic rings. The molecule has 1 aliphatic rings. The van der Waals surface area contributed by atoms with Crippen LogP contribution in [0.2, 0.25) is 0 Å². The first-order chi connectivity index (χ1) is 13.1. The van der Waals surface area contributed by atoms with Crippen molar-refractivity contribution < 1.29 is 0 Å². The first-order valence-electron chi connectivity index (χ1n) is 9.71. The number of hydrogen-bond donors (Lipinski definition) is 0. The summed E-state index contributed by atoms with van der Waals surface area (Å²) in [6, 6.07) is 22.5. The third-order valence-electron chi connectivity index (χ3n) is 5.33. The quantitative estimate of drug-likeness (QED) is 0.639. The summed E-state index contributed by atoms with van der Waals surface area (Å²) in [4.78, 5) is 4.75. The molecular formula is C24H31N2P. The predicted octanol–water partition coefficient (Wildman–Crippen LogP) is 4.07. The second kappa shape index (κ2) is 9.46. The van der Waals surface area contributed by atoms with Crippen molar-refractivity contribution >= 4 is 18.5 Å². The largest absolute Gasteiger partial charge is 0.308 e. The lowest BCUT2D eigenvalue weighted by Crippen LogP contribution is -2.39. The Bertz CT molecular complexity index is 728. The maximum absolute atomic E-state index is 2.50. The third-order valence-corrected chi connectivity index (χ3v) is 7.92. The van der Waals surface area contributed by atoms with Crippen LogP contribution in [0.25, 0.3) is 0 Å². The van der Waals surface area contributed by atoms with Gasteiger partial charge in [-0.3, -0.25) is 0 Å². The summed E-state index contributed by atoms with van der Waals surface area (Å²) in [5.41, 5.74) is 0. The van der Waals surface area contributed by atoms with Gasteiger partial charge in [0, 0.05) is 25.0 Å². The van der Waals surface area contributed by atoms with Gasteiger partial charge in [-0.1, -0.05) is 78.9 Å². The summed E-state index contributed by atoms with van der Waals surface area (Å²) in [5.74, 6) is 0.462. The molecule has 0 radical (unpaired) electrons. The zero-order valence-electron chi connectivity index (χ0n) is 16.9. The van der Waals surface area contributed by atoms with Crippen LogP contribution in [0.5, 0.6) is 0 Å². The second-order valence-electron chi connectivity index (χ2n) is 7.53. The van der Waals surface area contributed by atoms with Crippen molar-refractivity contribution in [2.75, 3.05) is 34.2 Å². The van der Waals surface area contributed by atoms with Gasteiger partial charge in [-0.05, 0) is 51.9 Å². The van der Waals surface area contributed by atoms with Crippen LogP contribution in [-0.2, 0) is 0 Å². The third kappa shape index (κ3) is 4.96. The van der Waals surface area contributed by atoms with E-state index in [1.807, 2.05) is 0 Å². The minimum atomic E-state index is -0.509. The molecule has 3 rings (SSSR count). The maximum Gasteiger partial charge on any atom is 0.0185 e. The van der Waals surface area contributed by atoms with Gasteiger partial charge in [0.2, 0.25) is 0 Å². The minimum Gasteiger partial charge on any atom is -0.308 e. The van der Waals surface area contributed by atoms with Gasteiger partial charge in [-0.15, -0.1) is 0 Å². The van der Waals surface area contributed by atoms with Crippen molar-refractivity contribution in [1.29, 1.82) is 0 Å². The van der Waals surface area contributed by atoms with Crippen molar-refractivity contribution in [1.82, 2.24) is 9.80 Å². The fourth-order valence-corrected chi connectivity index (χ4v) is 6.22. The maximum atomic E-state index is 2.50. The van der Waals surface area contributed by atoms with Crippen molar-refractivity contribution in [3.05, 3.63) is 84.2 Å². The van der Waals surface area contributed by atoms with Gasteiger partial charge in [0.25, 0.3) is 0 Å². The summed E-state index contributed by atoms with van der Waals surface area (Å²) in [6.07, 6.45) is 7.03. The van der Waals surface area contributed by atoms with Crippen LogP contribution in [0.3, 0.4) is 0 Å². The molecule has 0 amide bonds. The molecule has 0 aromatic heterocycles. The van der Waals surface area contributed by atoms with E-state index in [2.05, 4.69) is 117 Å². The molecule has 1 aliphatic carbocycles. The van der Waals surface area contributed by atoms with Crippen LogP contribution in [0.15, 0.2) is 84.2 Å². The Balaban J connectivity index is 1.88. The SMILES string of the molecule is C[C@@H](C1C=CC=C1P(c1ccccc1)c1ccccc1)N(C)CCN(C)C. The topological polar surface area (TPSA) is 6.48 Å². The fraction of sp³-hybridized carbons (Fsp3) is 0.333. The first-order valence-corrected chi connectivity index (χ1v) is 11.1. The Morgan fingerprint density at radius 2 is 1.41 bits per heavy atom. The van der Waals surface area contributed by atoms with Gasteiger partial charge in [0.05, 0.1) is 0 Å². The molecule has 0 spiro atoms. The van der Waals surface area contributed by atoms with Crippen LogP contribution >= 0.6 is 7.92 Å². The monoisotopic (exact) mass is 378 g/mol. The average Bonchev–Trinajstić information content (AvgIpc) is 3.16. The molecule has 0 saturated heterocycles. The van der Waals surface area contributed by atoms with E-state index in [1.54, 1.807) is 5.31 Å². The van der Waals surface area contributed by atoms with Gasteiger partial charge in [0.1, 0.15) is 0 Å². The first kappa shape index (κ1) is 20.0. The molecule has 0 heterocycles. The summed E-state index contributed by atoms with van der Waals surface area (Å²) in [5, 5.41) is 4.43. The summed E-state index contributed by atoms with van der Waals surface area (Å²) in [7, 11) is 6.03. The van der Waals surface area contributed by atoms with E-state index in [4.69, 9.17) is 0 Å². The Hall–Kier alpha value is -1.73. The lowest BCUT2D eigenvalue weighted by Gasteiger charge is -2.34. The van der Waals surface area contributed by atoms with E-state index < -0.39 is 7.92 Å². The Morgan fingerprint density at radius 3 is 1.93 bits per heavy atom. The standard InChI is InChI=1S/C24H31N2P/c1-20(26(4)19-18-25(2)3)23-16-11-17-24(23)27(21-12-7-5-8-13-21)22-14-9-6-10-15-22/h5-17,20,23H,18-19H2,1-4H3/t20-,23?/m0/s1. The molecule has 0 N–H and O–H groups in total. The lowest BCUT2D eigenvalue weighted by atomic mass is 10.0. The van der Waals surface area contributed by atoms with Crippen LogP contribution in [0, 0.1) is 5.92 Å². The number of rotatable bonds is 8. The number of benzene rings is 2. The van der Waals surface area contributed by atoms with E-state index in [9.17, 15) is 0 Å². The lowest BCUT2D eigenvalue weighted by molar-refractivity contribution is 0.209. The number of likely N-dealkylation sites (N-methyl/N-ethyl adjacent to an activating group) is 2. The molecule has 0 aliphatic heterocycles. The highest BCUT2D eigenvalue weighted by atomic mass is 31.1. The highest BCUT2D eigenvalue weighted by Gasteiger charge is 2.31.